The second-order valence-corrected chi connectivity index (χ2v) is 6.73. The van der Waals surface area contributed by atoms with Crippen LogP contribution < -0.4 is 5.32 Å². The molecule has 0 spiro atoms. The summed E-state index contributed by atoms with van der Waals surface area (Å²) in [5.74, 6) is 0.751. The Morgan fingerprint density at radius 3 is 2.68 bits per heavy atom. The van der Waals surface area contributed by atoms with Gasteiger partial charge in [-0.25, -0.2) is 0 Å². The third-order valence-corrected chi connectivity index (χ3v) is 5.76. The van der Waals surface area contributed by atoms with Crippen molar-refractivity contribution in [2.75, 3.05) is 19.7 Å². The fraction of sp³-hybridized carbons (Fsp3) is 1.00. The molecule has 2 rings (SSSR count). The van der Waals surface area contributed by atoms with Crippen LogP contribution in [0.5, 0.6) is 0 Å². The van der Waals surface area contributed by atoms with E-state index in [9.17, 15) is 0 Å². The fourth-order valence-corrected chi connectivity index (χ4v) is 3.68. The van der Waals surface area contributed by atoms with Crippen LogP contribution in [0.25, 0.3) is 0 Å². The molecule has 0 aromatic carbocycles. The second kappa shape index (κ2) is 6.11. The van der Waals surface area contributed by atoms with Crippen LogP contribution in [-0.4, -0.2) is 48.3 Å². The SMILES string of the molecule is CCC(C)C1CN(C2(C)CCOC2C)C(CC)CN1. The standard InChI is InChI=1S/C16H32N2O/c1-6-12(3)15-11-18(14(7-2)10-17-15)16(5)8-9-19-13(16)4/h12-15,17H,6-11H2,1-5H3. The smallest absolute Gasteiger partial charge is 0.0728 e. The molecule has 2 heterocycles. The normalized spacial score (nSPS) is 42.5. The van der Waals surface area contributed by atoms with Crippen LogP contribution in [0.1, 0.15) is 53.9 Å². The summed E-state index contributed by atoms with van der Waals surface area (Å²) >= 11 is 0. The lowest BCUT2D eigenvalue weighted by Gasteiger charge is -2.51. The third kappa shape index (κ3) is 2.84. The quantitative estimate of drug-likeness (QED) is 0.848. The summed E-state index contributed by atoms with van der Waals surface area (Å²) in [6, 6.07) is 1.30. The first-order valence-corrected chi connectivity index (χ1v) is 8.14. The van der Waals surface area contributed by atoms with Crippen molar-refractivity contribution in [3.05, 3.63) is 0 Å². The van der Waals surface area contributed by atoms with E-state index >= 15 is 0 Å². The van der Waals surface area contributed by atoms with Gasteiger partial charge in [-0.1, -0.05) is 27.2 Å². The van der Waals surface area contributed by atoms with Gasteiger partial charge in [0.05, 0.1) is 6.10 Å². The molecule has 0 amide bonds. The van der Waals surface area contributed by atoms with Crippen molar-refractivity contribution in [2.45, 2.75) is 77.6 Å². The van der Waals surface area contributed by atoms with Crippen molar-refractivity contribution in [1.82, 2.24) is 10.2 Å². The first-order chi connectivity index (χ1) is 9.02. The maximum absolute atomic E-state index is 5.87. The Morgan fingerprint density at radius 1 is 1.42 bits per heavy atom. The van der Waals surface area contributed by atoms with Gasteiger partial charge in [0.2, 0.25) is 0 Å². The van der Waals surface area contributed by atoms with Crippen molar-refractivity contribution in [1.29, 1.82) is 0 Å². The van der Waals surface area contributed by atoms with E-state index in [2.05, 4.69) is 44.8 Å². The highest BCUT2D eigenvalue weighted by molar-refractivity contribution is 5.02. The number of hydrogen-bond acceptors (Lipinski definition) is 3. The van der Waals surface area contributed by atoms with E-state index in [1.165, 1.54) is 25.8 Å². The summed E-state index contributed by atoms with van der Waals surface area (Å²) in [5.41, 5.74) is 0.231. The van der Waals surface area contributed by atoms with Crippen molar-refractivity contribution in [3.63, 3.8) is 0 Å². The van der Waals surface area contributed by atoms with Crippen molar-refractivity contribution >= 4 is 0 Å². The molecule has 1 N–H and O–H groups in total. The first-order valence-electron chi connectivity index (χ1n) is 8.14. The largest absolute Gasteiger partial charge is 0.377 e. The highest BCUT2D eigenvalue weighted by Crippen LogP contribution is 2.35. The Morgan fingerprint density at radius 2 is 2.16 bits per heavy atom. The predicted octanol–water partition coefficient (Wildman–Crippen LogP) is 2.65. The van der Waals surface area contributed by atoms with Gasteiger partial charge in [0.1, 0.15) is 0 Å². The van der Waals surface area contributed by atoms with Crippen LogP contribution in [0, 0.1) is 5.92 Å². The molecule has 3 heteroatoms. The average molecular weight is 268 g/mol. The van der Waals surface area contributed by atoms with Crippen LogP contribution in [0.2, 0.25) is 0 Å². The van der Waals surface area contributed by atoms with Crippen molar-refractivity contribution in [2.24, 2.45) is 5.92 Å². The minimum atomic E-state index is 0.231. The number of nitrogens with one attached hydrogen (secondary N) is 1. The summed E-state index contributed by atoms with van der Waals surface area (Å²) in [4.78, 5) is 2.76. The van der Waals surface area contributed by atoms with Gasteiger partial charge in [-0.2, -0.15) is 0 Å². The van der Waals surface area contributed by atoms with Gasteiger partial charge in [0.15, 0.2) is 0 Å². The van der Waals surface area contributed by atoms with E-state index in [0.717, 1.165) is 19.1 Å². The lowest BCUT2D eigenvalue weighted by Crippen LogP contribution is -2.66. The zero-order chi connectivity index (χ0) is 14.0. The number of hydrogen-bond donors (Lipinski definition) is 1. The topological polar surface area (TPSA) is 24.5 Å². The van der Waals surface area contributed by atoms with Gasteiger partial charge < -0.3 is 10.1 Å². The number of nitrogens with zero attached hydrogens (tertiary/aromatic N) is 1. The summed E-state index contributed by atoms with van der Waals surface area (Å²) in [7, 11) is 0. The maximum Gasteiger partial charge on any atom is 0.0728 e. The van der Waals surface area contributed by atoms with E-state index in [4.69, 9.17) is 4.74 Å². The highest BCUT2D eigenvalue weighted by Gasteiger charge is 2.46. The molecule has 2 fully saturated rings. The lowest BCUT2D eigenvalue weighted by atomic mass is 9.86. The van der Waals surface area contributed by atoms with Crippen LogP contribution in [-0.2, 0) is 4.74 Å². The Bertz CT molecular complexity index is 296. The Kier molecular flexibility index (Phi) is 4.91. The molecule has 0 radical (unpaired) electrons. The molecular formula is C16H32N2O. The molecule has 5 unspecified atom stereocenters. The number of ether oxygens (including phenoxy) is 1. The summed E-state index contributed by atoms with van der Waals surface area (Å²) in [5, 5.41) is 3.77. The molecule has 0 aromatic heterocycles. The zero-order valence-electron chi connectivity index (χ0n) is 13.4. The predicted molar refractivity (Wildman–Crippen MR) is 80.5 cm³/mol. The van der Waals surface area contributed by atoms with Crippen LogP contribution >= 0.6 is 0 Å². The summed E-state index contributed by atoms with van der Waals surface area (Å²) < 4.78 is 5.87. The minimum Gasteiger partial charge on any atom is -0.377 e. The Hall–Kier alpha value is -0.120. The molecule has 3 nitrogen and oxygen atoms in total. The number of piperazine rings is 1. The van der Waals surface area contributed by atoms with Gasteiger partial charge in [0.25, 0.3) is 0 Å². The van der Waals surface area contributed by atoms with Crippen LogP contribution in [0.3, 0.4) is 0 Å². The highest BCUT2D eigenvalue weighted by atomic mass is 16.5. The Labute approximate surface area is 119 Å². The molecule has 0 aromatic rings. The maximum atomic E-state index is 5.87. The summed E-state index contributed by atoms with van der Waals surface area (Å²) in [6.07, 6.45) is 4.02. The molecule has 2 saturated heterocycles. The van der Waals surface area contributed by atoms with E-state index in [1.54, 1.807) is 0 Å². The lowest BCUT2D eigenvalue weighted by molar-refractivity contribution is -0.0311. The van der Waals surface area contributed by atoms with Gasteiger partial charge in [-0.05, 0) is 32.6 Å². The molecule has 19 heavy (non-hydrogen) atoms. The van der Waals surface area contributed by atoms with E-state index < -0.39 is 0 Å². The molecule has 2 aliphatic heterocycles. The van der Waals surface area contributed by atoms with E-state index in [0.29, 0.717) is 18.2 Å². The molecule has 5 atom stereocenters. The monoisotopic (exact) mass is 268 g/mol. The minimum absolute atomic E-state index is 0.231. The first kappa shape index (κ1) is 15.3. The van der Waals surface area contributed by atoms with Crippen molar-refractivity contribution < 1.29 is 4.74 Å². The molecule has 0 bridgehead atoms. The van der Waals surface area contributed by atoms with Crippen molar-refractivity contribution in [3.8, 4) is 0 Å². The zero-order valence-corrected chi connectivity index (χ0v) is 13.4. The third-order valence-electron chi connectivity index (χ3n) is 5.76. The van der Waals surface area contributed by atoms with E-state index in [1.807, 2.05) is 0 Å². The Balaban J connectivity index is 2.14. The van der Waals surface area contributed by atoms with Crippen LogP contribution in [0.4, 0.5) is 0 Å². The molecule has 0 aliphatic carbocycles. The van der Waals surface area contributed by atoms with Gasteiger partial charge >= 0.3 is 0 Å². The second-order valence-electron chi connectivity index (χ2n) is 6.73. The van der Waals surface area contributed by atoms with Gasteiger partial charge in [-0.15, -0.1) is 0 Å². The average Bonchev–Trinajstić information content (AvgIpc) is 2.78. The number of rotatable bonds is 4. The van der Waals surface area contributed by atoms with Crippen LogP contribution in [0.15, 0.2) is 0 Å². The molecule has 0 saturated carbocycles. The molecule has 112 valence electrons. The summed E-state index contributed by atoms with van der Waals surface area (Å²) in [6.45, 7) is 14.9. The fourth-order valence-electron chi connectivity index (χ4n) is 3.68. The van der Waals surface area contributed by atoms with Gasteiger partial charge in [0, 0.05) is 37.3 Å². The molecular weight excluding hydrogens is 236 g/mol. The molecule has 2 aliphatic rings. The van der Waals surface area contributed by atoms with E-state index in [-0.39, 0.29) is 5.54 Å². The van der Waals surface area contributed by atoms with Gasteiger partial charge in [-0.3, -0.25) is 4.90 Å².